The Balaban J connectivity index is 1.37. The van der Waals surface area contributed by atoms with E-state index in [1.807, 2.05) is 23.5 Å². The molecule has 0 aliphatic heterocycles. The van der Waals surface area contributed by atoms with Gasteiger partial charge in [-0.15, -0.1) is 11.3 Å². The van der Waals surface area contributed by atoms with Crippen LogP contribution in [0.1, 0.15) is 0 Å². The van der Waals surface area contributed by atoms with E-state index in [1.54, 1.807) is 6.26 Å². The van der Waals surface area contributed by atoms with Gasteiger partial charge in [0, 0.05) is 36.5 Å². The van der Waals surface area contributed by atoms with E-state index >= 15 is 0 Å². The highest BCUT2D eigenvalue weighted by Gasteiger charge is 2.22. The van der Waals surface area contributed by atoms with E-state index in [9.17, 15) is 0 Å². The zero-order valence-electron chi connectivity index (χ0n) is 22.9. The van der Waals surface area contributed by atoms with Gasteiger partial charge in [0.1, 0.15) is 16.7 Å². The largest absolute Gasteiger partial charge is 0.464 e. The molecule has 0 aliphatic carbocycles. The molecular weight excluding hydrogens is 545 g/mol. The highest BCUT2D eigenvalue weighted by molar-refractivity contribution is 7.26. The molecule has 0 aliphatic rings. The molecule has 0 atom stereocenters. The monoisotopic (exact) mass is 566 g/mol. The second kappa shape index (κ2) is 8.57. The summed E-state index contributed by atoms with van der Waals surface area (Å²) in [6.07, 6.45) is 1.73. The molecule has 7 aromatic carbocycles. The summed E-state index contributed by atoms with van der Waals surface area (Å²) in [6, 6.07) is 45.9. The van der Waals surface area contributed by atoms with Gasteiger partial charge >= 0.3 is 0 Å². The molecule has 0 radical (unpaired) electrons. The average Bonchev–Trinajstić information content (AvgIpc) is 3.79. The normalized spacial score (nSPS) is 12.2. The van der Waals surface area contributed by atoms with Crippen LogP contribution in [0.25, 0.3) is 96.9 Å². The van der Waals surface area contributed by atoms with Crippen LogP contribution in [0.3, 0.4) is 0 Å². The number of fused-ring (bicyclic) bond motifs is 10. The molecule has 10 aromatic rings. The maximum Gasteiger partial charge on any atom is 0.146 e. The lowest BCUT2D eigenvalue weighted by Gasteiger charge is -2.18. The van der Waals surface area contributed by atoms with Gasteiger partial charge in [0.2, 0.25) is 0 Å². The minimum atomic E-state index is 0.837. The van der Waals surface area contributed by atoms with E-state index in [1.165, 1.54) is 64.0 Å². The van der Waals surface area contributed by atoms with Crippen molar-refractivity contribution in [2.75, 3.05) is 0 Å². The minimum absolute atomic E-state index is 0.837. The average molecular weight is 567 g/mol. The third-order valence-corrected chi connectivity index (χ3v) is 10.2. The minimum Gasteiger partial charge on any atom is -0.464 e. The molecule has 0 amide bonds. The number of hydrogen-bond donors (Lipinski definition) is 0. The molecule has 3 heterocycles. The number of rotatable bonds is 2. The Morgan fingerprint density at radius 3 is 1.81 bits per heavy atom. The third-order valence-electron chi connectivity index (χ3n) is 8.97. The van der Waals surface area contributed by atoms with Crippen molar-refractivity contribution in [3.05, 3.63) is 134 Å². The number of furan rings is 2. The van der Waals surface area contributed by atoms with Gasteiger partial charge in [0.25, 0.3) is 0 Å². The van der Waals surface area contributed by atoms with Crippen molar-refractivity contribution in [1.82, 2.24) is 0 Å². The van der Waals surface area contributed by atoms with Gasteiger partial charge in [0.05, 0.1) is 11.6 Å². The summed E-state index contributed by atoms with van der Waals surface area (Å²) in [5.74, 6) is 0. The lowest BCUT2D eigenvalue weighted by atomic mass is 9.84. The Morgan fingerprint density at radius 1 is 0.419 bits per heavy atom. The van der Waals surface area contributed by atoms with Gasteiger partial charge in [-0.05, 0) is 68.6 Å². The Hall–Kier alpha value is -5.38. The van der Waals surface area contributed by atoms with Crippen LogP contribution in [-0.4, -0.2) is 0 Å². The summed E-state index contributed by atoms with van der Waals surface area (Å²) in [6.45, 7) is 0. The summed E-state index contributed by atoms with van der Waals surface area (Å²) in [4.78, 5) is 0. The second-order valence-electron chi connectivity index (χ2n) is 11.2. The molecule has 3 aromatic heterocycles. The van der Waals surface area contributed by atoms with Crippen LogP contribution in [0.2, 0.25) is 0 Å². The number of hydrogen-bond acceptors (Lipinski definition) is 3. The van der Waals surface area contributed by atoms with E-state index in [0.717, 1.165) is 32.9 Å². The van der Waals surface area contributed by atoms with E-state index in [2.05, 4.69) is 115 Å². The lowest BCUT2D eigenvalue weighted by molar-refractivity contribution is 0.615. The second-order valence-corrected chi connectivity index (χ2v) is 12.2. The molecule has 0 unspecified atom stereocenters. The van der Waals surface area contributed by atoms with Crippen molar-refractivity contribution in [3.8, 4) is 22.3 Å². The van der Waals surface area contributed by atoms with Gasteiger partial charge < -0.3 is 8.83 Å². The van der Waals surface area contributed by atoms with Crippen LogP contribution in [-0.2, 0) is 0 Å². The first kappa shape index (κ1) is 23.2. The van der Waals surface area contributed by atoms with E-state index in [4.69, 9.17) is 8.83 Å². The van der Waals surface area contributed by atoms with Crippen LogP contribution in [0.4, 0.5) is 0 Å². The Morgan fingerprint density at radius 2 is 1.05 bits per heavy atom. The molecule has 3 heteroatoms. The smallest absolute Gasteiger partial charge is 0.146 e. The Bertz CT molecular complexity index is 2680. The van der Waals surface area contributed by atoms with E-state index in [0.29, 0.717) is 0 Å². The van der Waals surface area contributed by atoms with Crippen LogP contribution < -0.4 is 0 Å². The molecule has 0 spiro atoms. The van der Waals surface area contributed by atoms with Gasteiger partial charge in [-0.3, -0.25) is 0 Å². The number of thiophene rings is 1. The highest BCUT2D eigenvalue weighted by atomic mass is 32.1. The Kier molecular flexibility index (Phi) is 4.63. The number of benzene rings is 7. The quantitative estimate of drug-likeness (QED) is 0.195. The first-order valence-electron chi connectivity index (χ1n) is 14.5. The van der Waals surface area contributed by atoms with Gasteiger partial charge in [-0.1, -0.05) is 97.1 Å². The molecule has 200 valence electrons. The SMILES string of the molecule is c1cc(-c2c3ccccc3c(-c3cccc4c3sc3ccccc34)c3ccccc23)c2c(c1)oc1c3ccoc3ccc12. The first-order chi connectivity index (χ1) is 21.3. The van der Waals surface area contributed by atoms with Crippen molar-refractivity contribution in [2.45, 2.75) is 0 Å². The predicted molar refractivity (Wildman–Crippen MR) is 182 cm³/mol. The van der Waals surface area contributed by atoms with Crippen molar-refractivity contribution in [3.63, 3.8) is 0 Å². The summed E-state index contributed by atoms with van der Waals surface area (Å²) >= 11 is 1.89. The molecule has 0 saturated heterocycles. The summed E-state index contributed by atoms with van der Waals surface area (Å²) in [5, 5.41) is 10.9. The topological polar surface area (TPSA) is 26.3 Å². The third kappa shape index (κ3) is 3.12. The summed E-state index contributed by atoms with van der Waals surface area (Å²) in [5.41, 5.74) is 7.58. The predicted octanol–water partition coefficient (Wildman–Crippen LogP) is 12.3. The van der Waals surface area contributed by atoms with Gasteiger partial charge in [-0.2, -0.15) is 0 Å². The van der Waals surface area contributed by atoms with Crippen molar-refractivity contribution in [1.29, 1.82) is 0 Å². The Labute approximate surface area is 250 Å². The summed E-state index contributed by atoms with van der Waals surface area (Å²) < 4.78 is 14.9. The summed E-state index contributed by atoms with van der Waals surface area (Å²) in [7, 11) is 0. The molecule has 43 heavy (non-hydrogen) atoms. The lowest BCUT2D eigenvalue weighted by Crippen LogP contribution is -1.91. The molecule has 0 bridgehead atoms. The maximum atomic E-state index is 6.52. The molecule has 2 nitrogen and oxygen atoms in total. The van der Waals surface area contributed by atoms with Crippen LogP contribution in [0.5, 0.6) is 0 Å². The molecule has 0 fully saturated rings. The molecule has 0 N–H and O–H groups in total. The zero-order chi connectivity index (χ0) is 28.1. The van der Waals surface area contributed by atoms with Crippen LogP contribution in [0.15, 0.2) is 142 Å². The van der Waals surface area contributed by atoms with Crippen molar-refractivity contribution in [2.24, 2.45) is 0 Å². The van der Waals surface area contributed by atoms with Gasteiger partial charge in [0.15, 0.2) is 0 Å². The molecule has 10 rings (SSSR count). The van der Waals surface area contributed by atoms with Crippen LogP contribution >= 0.6 is 11.3 Å². The standard InChI is InChI=1S/C40H22O2S/c1-3-12-26-24(10-1)36(30-15-8-17-34-38(30)31-19-20-33-29(21-22-41-33)39(31)42-34)25-11-2-4-13-27(25)37(26)32-16-7-14-28-23-9-5-6-18-35(23)43-40(28)32/h1-22H. The van der Waals surface area contributed by atoms with Crippen LogP contribution in [0, 0.1) is 0 Å². The fraction of sp³-hybridized carbons (Fsp3) is 0. The van der Waals surface area contributed by atoms with E-state index < -0.39 is 0 Å². The highest BCUT2D eigenvalue weighted by Crippen LogP contribution is 2.49. The fourth-order valence-corrected chi connectivity index (χ4v) is 8.41. The zero-order valence-corrected chi connectivity index (χ0v) is 23.7. The molecular formula is C40H22O2S. The molecule has 0 saturated carbocycles. The van der Waals surface area contributed by atoms with Crippen molar-refractivity contribution < 1.29 is 8.83 Å². The first-order valence-corrected chi connectivity index (χ1v) is 15.3. The van der Waals surface area contributed by atoms with Crippen molar-refractivity contribution >= 4 is 86.0 Å². The van der Waals surface area contributed by atoms with E-state index in [-0.39, 0.29) is 0 Å². The maximum absolute atomic E-state index is 6.52. The van der Waals surface area contributed by atoms with Gasteiger partial charge in [-0.25, -0.2) is 0 Å². The fourth-order valence-electron chi connectivity index (χ4n) is 7.19.